The Morgan fingerprint density at radius 3 is 2.71 bits per heavy atom. The highest BCUT2D eigenvalue weighted by atomic mass is 127. The quantitative estimate of drug-likeness (QED) is 0.527. The van der Waals surface area contributed by atoms with Crippen LogP contribution >= 0.6 is 22.6 Å². The van der Waals surface area contributed by atoms with Crippen molar-refractivity contribution >= 4 is 28.2 Å². The predicted molar refractivity (Wildman–Crippen MR) is 79.8 cm³/mol. The summed E-state index contributed by atoms with van der Waals surface area (Å²) in [6.45, 7) is 2.20. The third kappa shape index (κ3) is 2.97. The Morgan fingerprint density at radius 2 is 2.12 bits per heavy atom. The minimum atomic E-state index is -0.139. The van der Waals surface area contributed by atoms with Crippen LogP contribution < -0.4 is 0 Å². The van der Waals surface area contributed by atoms with Gasteiger partial charge in [0.15, 0.2) is 0 Å². The summed E-state index contributed by atoms with van der Waals surface area (Å²) in [5, 5.41) is 0. The molecule has 0 N–H and O–H groups in total. The molecule has 0 nitrogen and oxygen atoms in total. The minimum absolute atomic E-state index is 0.139. The number of alkyl halides is 1. The van der Waals surface area contributed by atoms with E-state index in [0.717, 1.165) is 12.0 Å². The highest BCUT2D eigenvalue weighted by molar-refractivity contribution is 14.1. The Kier molecular flexibility index (Phi) is 4.02. The highest BCUT2D eigenvalue weighted by Crippen LogP contribution is 2.37. The van der Waals surface area contributed by atoms with E-state index in [2.05, 4.69) is 47.7 Å². The zero-order valence-electron chi connectivity index (χ0n) is 9.92. The summed E-state index contributed by atoms with van der Waals surface area (Å²) in [6, 6.07) is 6.96. The van der Waals surface area contributed by atoms with Crippen LogP contribution in [0.15, 0.2) is 42.5 Å². The zero-order valence-corrected chi connectivity index (χ0v) is 12.1. The van der Waals surface area contributed by atoms with Gasteiger partial charge in [0.1, 0.15) is 5.82 Å². The molecule has 0 heterocycles. The normalized spacial score (nSPS) is 23.6. The van der Waals surface area contributed by atoms with Crippen LogP contribution in [0.1, 0.15) is 31.7 Å². The number of benzene rings is 1. The van der Waals surface area contributed by atoms with Gasteiger partial charge >= 0.3 is 0 Å². The molecule has 1 unspecified atom stereocenters. The largest absolute Gasteiger partial charge is 0.206 e. The Bertz CT molecular complexity index is 462. The Morgan fingerprint density at radius 1 is 1.35 bits per heavy atom. The molecule has 0 saturated heterocycles. The van der Waals surface area contributed by atoms with E-state index in [1.54, 1.807) is 6.07 Å². The van der Waals surface area contributed by atoms with Crippen LogP contribution in [-0.4, -0.2) is 3.42 Å². The Labute approximate surface area is 116 Å². The second-order valence-electron chi connectivity index (χ2n) is 4.46. The van der Waals surface area contributed by atoms with Gasteiger partial charge in [-0.05, 0) is 24.5 Å². The first kappa shape index (κ1) is 12.8. The lowest BCUT2D eigenvalue weighted by Gasteiger charge is -2.25. The van der Waals surface area contributed by atoms with Crippen LogP contribution in [0.25, 0.3) is 5.57 Å². The molecular weight excluding hydrogens is 326 g/mol. The third-order valence-electron chi connectivity index (χ3n) is 3.07. The molecule has 1 aromatic carbocycles. The first-order valence-corrected chi connectivity index (χ1v) is 7.06. The van der Waals surface area contributed by atoms with Crippen molar-refractivity contribution in [1.29, 1.82) is 0 Å². The summed E-state index contributed by atoms with van der Waals surface area (Å²) in [5.41, 5.74) is 1.71. The van der Waals surface area contributed by atoms with E-state index in [9.17, 15) is 4.39 Å². The van der Waals surface area contributed by atoms with Gasteiger partial charge in [0.05, 0.1) is 0 Å². The lowest BCUT2D eigenvalue weighted by molar-refractivity contribution is 0.623. The fourth-order valence-corrected chi connectivity index (χ4v) is 3.09. The van der Waals surface area contributed by atoms with Gasteiger partial charge in [-0.2, -0.15) is 0 Å². The molecule has 2 rings (SSSR count). The highest BCUT2D eigenvalue weighted by Gasteiger charge is 2.24. The van der Waals surface area contributed by atoms with E-state index >= 15 is 0 Å². The summed E-state index contributed by atoms with van der Waals surface area (Å²) in [5.74, 6) is -0.139. The van der Waals surface area contributed by atoms with Crippen LogP contribution in [0.2, 0.25) is 0 Å². The first-order valence-electron chi connectivity index (χ1n) is 5.98. The van der Waals surface area contributed by atoms with Crippen LogP contribution in [0.5, 0.6) is 0 Å². The summed E-state index contributed by atoms with van der Waals surface area (Å²) < 4.78 is 13.9. The van der Waals surface area contributed by atoms with Gasteiger partial charge in [-0.15, -0.1) is 0 Å². The van der Waals surface area contributed by atoms with E-state index in [-0.39, 0.29) is 9.24 Å². The topological polar surface area (TPSA) is 0 Å². The summed E-state index contributed by atoms with van der Waals surface area (Å²) >= 11 is 2.50. The van der Waals surface area contributed by atoms with Gasteiger partial charge in [0.2, 0.25) is 0 Å². The monoisotopic (exact) mass is 342 g/mol. The maximum absolute atomic E-state index is 13.6. The summed E-state index contributed by atoms with van der Waals surface area (Å²) in [4.78, 5) is 0. The standard InChI is InChI=1S/C15H16FI/c1-2-9-15(17)10-7-12(8-11-15)13-5-3-4-6-14(13)16/h3-8,10H,2,9,11H2,1H3. The molecular formula is C15H16FI. The number of rotatable bonds is 3. The number of allylic oxidation sites excluding steroid dienone is 4. The second-order valence-corrected chi connectivity index (χ2v) is 6.61. The molecule has 0 bridgehead atoms. The van der Waals surface area contributed by atoms with Gasteiger partial charge < -0.3 is 0 Å². The van der Waals surface area contributed by atoms with Crippen molar-refractivity contribution in [2.45, 2.75) is 29.6 Å². The van der Waals surface area contributed by atoms with Gasteiger partial charge in [0, 0.05) is 8.99 Å². The van der Waals surface area contributed by atoms with E-state index in [1.807, 2.05) is 12.1 Å². The average Bonchev–Trinajstić information content (AvgIpc) is 2.31. The molecule has 0 amide bonds. The number of hydrogen-bond donors (Lipinski definition) is 0. The van der Waals surface area contributed by atoms with Gasteiger partial charge in [-0.1, -0.05) is 72.4 Å². The van der Waals surface area contributed by atoms with Crippen molar-refractivity contribution < 1.29 is 4.39 Å². The molecule has 1 aliphatic rings. The van der Waals surface area contributed by atoms with Crippen molar-refractivity contribution in [3.05, 3.63) is 53.9 Å². The molecule has 0 spiro atoms. The fraction of sp³-hybridized carbons (Fsp3) is 0.333. The lowest BCUT2D eigenvalue weighted by Crippen LogP contribution is -2.18. The van der Waals surface area contributed by atoms with Crippen molar-refractivity contribution in [2.24, 2.45) is 0 Å². The molecule has 0 radical (unpaired) electrons. The van der Waals surface area contributed by atoms with E-state index in [1.165, 1.54) is 18.9 Å². The van der Waals surface area contributed by atoms with Gasteiger partial charge in [0.25, 0.3) is 0 Å². The van der Waals surface area contributed by atoms with Crippen molar-refractivity contribution in [2.75, 3.05) is 0 Å². The number of halogens is 2. The summed E-state index contributed by atoms with van der Waals surface area (Å²) in [7, 11) is 0. The maximum atomic E-state index is 13.6. The molecule has 90 valence electrons. The van der Waals surface area contributed by atoms with E-state index in [4.69, 9.17) is 0 Å². The molecule has 1 aromatic rings. The molecule has 2 heteroatoms. The molecule has 1 atom stereocenters. The summed E-state index contributed by atoms with van der Waals surface area (Å²) in [6.07, 6.45) is 9.77. The third-order valence-corrected chi connectivity index (χ3v) is 4.41. The smallest absolute Gasteiger partial charge is 0.131 e. The van der Waals surface area contributed by atoms with Gasteiger partial charge in [-0.25, -0.2) is 4.39 Å². The molecule has 0 aromatic heterocycles. The van der Waals surface area contributed by atoms with E-state index in [0.29, 0.717) is 5.56 Å². The molecule has 0 fully saturated rings. The van der Waals surface area contributed by atoms with Crippen molar-refractivity contribution in [3.8, 4) is 0 Å². The fourth-order valence-electron chi connectivity index (χ4n) is 2.15. The maximum Gasteiger partial charge on any atom is 0.131 e. The minimum Gasteiger partial charge on any atom is -0.206 e. The van der Waals surface area contributed by atoms with Crippen LogP contribution in [0.4, 0.5) is 4.39 Å². The second kappa shape index (κ2) is 5.34. The van der Waals surface area contributed by atoms with E-state index < -0.39 is 0 Å². The first-order chi connectivity index (χ1) is 8.14. The Balaban J connectivity index is 2.21. The van der Waals surface area contributed by atoms with Gasteiger partial charge in [-0.3, -0.25) is 0 Å². The molecule has 1 aliphatic carbocycles. The van der Waals surface area contributed by atoms with Crippen LogP contribution in [-0.2, 0) is 0 Å². The van der Waals surface area contributed by atoms with Crippen molar-refractivity contribution in [1.82, 2.24) is 0 Å². The van der Waals surface area contributed by atoms with Crippen LogP contribution in [0.3, 0.4) is 0 Å². The Hall–Kier alpha value is -0.640. The van der Waals surface area contributed by atoms with Crippen molar-refractivity contribution in [3.63, 3.8) is 0 Å². The molecule has 0 saturated carbocycles. The average molecular weight is 342 g/mol. The molecule has 17 heavy (non-hydrogen) atoms. The zero-order chi connectivity index (χ0) is 12.3. The van der Waals surface area contributed by atoms with Crippen LogP contribution in [0, 0.1) is 5.82 Å². The lowest BCUT2D eigenvalue weighted by atomic mass is 9.90. The molecule has 0 aliphatic heterocycles. The number of hydrogen-bond acceptors (Lipinski definition) is 0. The predicted octanol–water partition coefficient (Wildman–Crippen LogP) is 5.14. The SMILES string of the molecule is CCCC1(I)C=CC(c2ccccc2F)=CC1.